The lowest BCUT2D eigenvalue weighted by atomic mass is 9.91. The summed E-state index contributed by atoms with van der Waals surface area (Å²) in [7, 11) is 0. The molecule has 0 radical (unpaired) electrons. The van der Waals surface area contributed by atoms with Crippen molar-refractivity contribution in [3.05, 3.63) is 29.8 Å². The van der Waals surface area contributed by atoms with Crippen molar-refractivity contribution in [3.63, 3.8) is 0 Å². The van der Waals surface area contributed by atoms with Gasteiger partial charge in [0.15, 0.2) is 0 Å². The first kappa shape index (κ1) is 13.6. The fourth-order valence-corrected chi connectivity index (χ4v) is 1.07. The average Bonchev–Trinajstić information content (AvgIpc) is 2.29. The van der Waals surface area contributed by atoms with Crippen molar-refractivity contribution in [1.29, 1.82) is 0 Å². The molecule has 0 aromatic heterocycles. The molecule has 17 heavy (non-hydrogen) atoms. The SMILES string of the molecule is CCC(C)(C)C(=O)Oc1ccc(C(F)F)cc1. The van der Waals surface area contributed by atoms with Gasteiger partial charge in [-0.15, -0.1) is 0 Å². The standard InChI is InChI=1S/C13H16F2O2/c1-4-13(2,3)12(16)17-10-7-5-9(6-8-10)11(14)15/h5-8,11H,4H2,1-3H3. The number of benzene rings is 1. The Kier molecular flexibility index (Phi) is 4.21. The van der Waals surface area contributed by atoms with Gasteiger partial charge < -0.3 is 4.74 Å². The van der Waals surface area contributed by atoms with Gasteiger partial charge in [-0.3, -0.25) is 4.79 Å². The van der Waals surface area contributed by atoms with Crippen molar-refractivity contribution in [2.24, 2.45) is 5.41 Å². The molecular weight excluding hydrogens is 226 g/mol. The molecule has 1 rings (SSSR count). The molecule has 2 nitrogen and oxygen atoms in total. The predicted octanol–water partition coefficient (Wildman–Crippen LogP) is 3.97. The van der Waals surface area contributed by atoms with Crippen molar-refractivity contribution in [3.8, 4) is 5.75 Å². The number of rotatable bonds is 4. The molecule has 0 amide bonds. The topological polar surface area (TPSA) is 26.3 Å². The highest BCUT2D eigenvalue weighted by Crippen LogP contribution is 2.25. The van der Waals surface area contributed by atoms with Gasteiger partial charge in [-0.25, -0.2) is 8.78 Å². The number of carbonyl (C=O) groups excluding carboxylic acids is 1. The van der Waals surface area contributed by atoms with Crippen LogP contribution in [0.1, 0.15) is 39.2 Å². The third-order valence-corrected chi connectivity index (χ3v) is 2.78. The minimum atomic E-state index is -2.51. The molecule has 0 fully saturated rings. The second-order valence-electron chi connectivity index (χ2n) is 4.50. The third-order valence-electron chi connectivity index (χ3n) is 2.78. The fourth-order valence-electron chi connectivity index (χ4n) is 1.07. The van der Waals surface area contributed by atoms with E-state index < -0.39 is 11.8 Å². The maximum absolute atomic E-state index is 12.3. The summed E-state index contributed by atoms with van der Waals surface area (Å²) in [4.78, 5) is 11.7. The third kappa shape index (κ3) is 3.51. The van der Waals surface area contributed by atoms with Gasteiger partial charge in [0.25, 0.3) is 6.43 Å². The van der Waals surface area contributed by atoms with Crippen LogP contribution < -0.4 is 4.74 Å². The molecule has 0 aliphatic rings. The molecule has 1 aromatic carbocycles. The fraction of sp³-hybridized carbons (Fsp3) is 0.462. The molecule has 0 aliphatic carbocycles. The molecule has 0 saturated carbocycles. The van der Waals surface area contributed by atoms with Gasteiger partial charge in [-0.1, -0.05) is 6.92 Å². The first-order chi connectivity index (χ1) is 7.86. The molecule has 0 spiro atoms. The number of alkyl halides is 2. The van der Waals surface area contributed by atoms with Crippen LogP contribution in [0.15, 0.2) is 24.3 Å². The van der Waals surface area contributed by atoms with E-state index in [1.165, 1.54) is 24.3 Å². The molecule has 94 valence electrons. The zero-order valence-electron chi connectivity index (χ0n) is 10.2. The van der Waals surface area contributed by atoms with Crippen LogP contribution in [0.4, 0.5) is 8.78 Å². The van der Waals surface area contributed by atoms with Gasteiger partial charge in [0.05, 0.1) is 5.41 Å². The first-order valence-electron chi connectivity index (χ1n) is 5.47. The highest BCUT2D eigenvalue weighted by molar-refractivity contribution is 5.78. The van der Waals surface area contributed by atoms with E-state index in [1.54, 1.807) is 13.8 Å². The van der Waals surface area contributed by atoms with Gasteiger partial charge in [0.1, 0.15) is 5.75 Å². The second kappa shape index (κ2) is 5.25. The van der Waals surface area contributed by atoms with Crippen LogP contribution in [-0.2, 0) is 4.79 Å². The van der Waals surface area contributed by atoms with Crippen molar-refractivity contribution in [1.82, 2.24) is 0 Å². The van der Waals surface area contributed by atoms with Gasteiger partial charge >= 0.3 is 5.97 Å². The number of hydrogen-bond donors (Lipinski definition) is 0. The number of hydrogen-bond acceptors (Lipinski definition) is 2. The van der Waals surface area contributed by atoms with Crippen molar-refractivity contribution in [2.45, 2.75) is 33.6 Å². The number of carbonyl (C=O) groups is 1. The molecule has 0 unspecified atom stereocenters. The maximum Gasteiger partial charge on any atom is 0.316 e. The lowest BCUT2D eigenvalue weighted by Gasteiger charge is -2.20. The van der Waals surface area contributed by atoms with Gasteiger partial charge in [0, 0.05) is 5.56 Å². The molecular formula is C13H16F2O2. The molecule has 0 atom stereocenters. The molecule has 4 heteroatoms. The Morgan fingerprint density at radius 3 is 2.24 bits per heavy atom. The summed E-state index contributed by atoms with van der Waals surface area (Å²) in [6, 6.07) is 5.27. The quantitative estimate of drug-likeness (QED) is 0.590. The van der Waals surface area contributed by atoms with Crippen molar-refractivity contribution >= 4 is 5.97 Å². The lowest BCUT2D eigenvalue weighted by molar-refractivity contribution is -0.144. The second-order valence-corrected chi connectivity index (χ2v) is 4.50. The van der Waals surface area contributed by atoms with Gasteiger partial charge in [-0.2, -0.15) is 0 Å². The van der Waals surface area contributed by atoms with Crippen molar-refractivity contribution in [2.75, 3.05) is 0 Å². The van der Waals surface area contributed by atoms with Crippen molar-refractivity contribution < 1.29 is 18.3 Å². The summed E-state index contributed by atoms with van der Waals surface area (Å²) in [6.07, 6.45) is -1.85. The molecule has 0 bridgehead atoms. The van der Waals surface area contributed by atoms with E-state index in [2.05, 4.69) is 0 Å². The Morgan fingerprint density at radius 2 is 1.82 bits per heavy atom. The van der Waals surface area contributed by atoms with Crippen LogP contribution in [0, 0.1) is 5.41 Å². The van der Waals surface area contributed by atoms with Crippen LogP contribution in [0.25, 0.3) is 0 Å². The summed E-state index contributed by atoms with van der Waals surface area (Å²) in [5, 5.41) is 0. The lowest BCUT2D eigenvalue weighted by Crippen LogP contribution is -2.28. The van der Waals surface area contributed by atoms with E-state index in [1.807, 2.05) is 6.92 Å². The number of esters is 1. The monoisotopic (exact) mass is 242 g/mol. The van der Waals surface area contributed by atoms with E-state index in [0.29, 0.717) is 12.2 Å². The maximum atomic E-state index is 12.3. The molecule has 0 N–H and O–H groups in total. The molecule has 0 heterocycles. The number of ether oxygens (including phenoxy) is 1. The largest absolute Gasteiger partial charge is 0.426 e. The Morgan fingerprint density at radius 1 is 1.29 bits per heavy atom. The van der Waals surface area contributed by atoms with Crippen LogP contribution >= 0.6 is 0 Å². The summed E-state index contributed by atoms with van der Waals surface area (Å²) in [5.41, 5.74) is -0.652. The molecule has 0 saturated heterocycles. The molecule has 0 aliphatic heterocycles. The highest BCUT2D eigenvalue weighted by Gasteiger charge is 2.27. The predicted molar refractivity (Wildman–Crippen MR) is 61.1 cm³/mol. The Balaban J connectivity index is 2.73. The Hall–Kier alpha value is -1.45. The summed E-state index contributed by atoms with van der Waals surface area (Å²) in [5.74, 6) is -0.0641. The van der Waals surface area contributed by atoms with Crippen LogP contribution in [0.2, 0.25) is 0 Å². The first-order valence-corrected chi connectivity index (χ1v) is 5.47. The minimum absolute atomic E-state index is 0.0837. The zero-order chi connectivity index (χ0) is 13.1. The highest BCUT2D eigenvalue weighted by atomic mass is 19.3. The Bertz CT molecular complexity index is 383. The van der Waals surface area contributed by atoms with E-state index in [9.17, 15) is 13.6 Å². The summed E-state index contributed by atoms with van der Waals surface area (Å²) < 4.78 is 29.7. The van der Waals surface area contributed by atoms with E-state index in [4.69, 9.17) is 4.74 Å². The summed E-state index contributed by atoms with van der Waals surface area (Å²) in [6.45, 7) is 5.45. The van der Waals surface area contributed by atoms with Gasteiger partial charge in [-0.05, 0) is 44.5 Å². The summed E-state index contributed by atoms with van der Waals surface area (Å²) >= 11 is 0. The zero-order valence-corrected chi connectivity index (χ0v) is 10.2. The van der Waals surface area contributed by atoms with E-state index >= 15 is 0 Å². The Labute approximate surface area is 99.6 Å². The molecule has 1 aromatic rings. The van der Waals surface area contributed by atoms with E-state index in [0.717, 1.165) is 0 Å². The normalized spacial score (nSPS) is 11.6. The number of halogens is 2. The van der Waals surface area contributed by atoms with Gasteiger partial charge in [0.2, 0.25) is 0 Å². The smallest absolute Gasteiger partial charge is 0.316 e. The van der Waals surface area contributed by atoms with Crippen LogP contribution in [0.5, 0.6) is 5.75 Å². The van der Waals surface area contributed by atoms with E-state index in [-0.39, 0.29) is 11.5 Å². The average molecular weight is 242 g/mol. The minimum Gasteiger partial charge on any atom is -0.426 e. The van der Waals surface area contributed by atoms with Crippen LogP contribution in [0.3, 0.4) is 0 Å². The van der Waals surface area contributed by atoms with Crippen LogP contribution in [-0.4, -0.2) is 5.97 Å².